The molecule has 19 heavy (non-hydrogen) atoms. The zero-order chi connectivity index (χ0) is 13.7. The molecule has 0 aliphatic carbocycles. The summed E-state index contributed by atoms with van der Waals surface area (Å²) < 4.78 is 11.5. The van der Waals surface area contributed by atoms with Crippen LogP contribution in [-0.4, -0.2) is 38.5 Å². The number of hydrogen-bond acceptors (Lipinski definition) is 6. The number of fused-ring (bicyclic) bond motifs is 1. The molecule has 104 valence electrons. The van der Waals surface area contributed by atoms with E-state index in [0.29, 0.717) is 11.7 Å². The van der Waals surface area contributed by atoms with E-state index in [2.05, 4.69) is 22.4 Å². The summed E-state index contributed by atoms with van der Waals surface area (Å²) in [6.45, 7) is 2.14. The molecule has 3 N–H and O–H groups in total. The Labute approximate surface area is 116 Å². The second-order valence-electron chi connectivity index (χ2n) is 4.30. The van der Waals surface area contributed by atoms with Crippen LogP contribution in [0.3, 0.4) is 0 Å². The highest BCUT2D eigenvalue weighted by atomic mass is 32.1. The van der Waals surface area contributed by atoms with Crippen molar-refractivity contribution in [1.29, 1.82) is 0 Å². The van der Waals surface area contributed by atoms with Gasteiger partial charge in [0.2, 0.25) is 0 Å². The molecule has 1 unspecified atom stereocenters. The Kier molecular flexibility index (Phi) is 5.09. The number of rotatable bonds is 7. The van der Waals surface area contributed by atoms with Gasteiger partial charge in [0.25, 0.3) is 0 Å². The van der Waals surface area contributed by atoms with Crippen LogP contribution in [0.4, 0.5) is 5.13 Å². The highest BCUT2D eigenvalue weighted by Crippen LogP contribution is 2.24. The zero-order valence-electron chi connectivity index (χ0n) is 11.2. The molecule has 1 heterocycles. The van der Waals surface area contributed by atoms with Gasteiger partial charge in [-0.1, -0.05) is 17.4 Å². The molecular formula is C13H19N3O2S. The molecule has 0 aliphatic heterocycles. The lowest BCUT2D eigenvalue weighted by molar-refractivity contribution is 0.0288. The molecule has 6 heteroatoms. The molecule has 2 aromatic rings. The average Bonchev–Trinajstić information content (AvgIpc) is 2.77. The van der Waals surface area contributed by atoms with Crippen molar-refractivity contribution in [1.82, 2.24) is 10.3 Å². The monoisotopic (exact) mass is 281 g/mol. The lowest BCUT2D eigenvalue weighted by Gasteiger charge is -2.14. The number of nitrogens with one attached hydrogen (secondary N) is 1. The van der Waals surface area contributed by atoms with Gasteiger partial charge in [0.05, 0.1) is 22.9 Å². The molecule has 5 nitrogen and oxygen atoms in total. The summed E-state index contributed by atoms with van der Waals surface area (Å²) in [7, 11) is 3.37. The topological polar surface area (TPSA) is 69.4 Å². The minimum Gasteiger partial charge on any atom is -0.382 e. The minimum atomic E-state index is 0.0766. The summed E-state index contributed by atoms with van der Waals surface area (Å²) >= 11 is 1.51. The molecule has 1 aromatic carbocycles. The molecule has 0 saturated heterocycles. The van der Waals surface area contributed by atoms with Crippen molar-refractivity contribution in [2.24, 2.45) is 0 Å². The first-order valence-corrected chi connectivity index (χ1v) is 6.92. The second kappa shape index (κ2) is 6.81. The number of aromatic nitrogens is 1. The quantitative estimate of drug-likeness (QED) is 0.807. The van der Waals surface area contributed by atoms with E-state index in [4.69, 9.17) is 15.2 Å². The predicted molar refractivity (Wildman–Crippen MR) is 78.4 cm³/mol. The Morgan fingerprint density at radius 1 is 1.42 bits per heavy atom. The first-order chi connectivity index (χ1) is 9.22. The van der Waals surface area contributed by atoms with Gasteiger partial charge in [0.15, 0.2) is 5.13 Å². The van der Waals surface area contributed by atoms with Crippen LogP contribution in [0.15, 0.2) is 18.2 Å². The Hall–Kier alpha value is -1.21. The van der Waals surface area contributed by atoms with Crippen LogP contribution < -0.4 is 11.1 Å². The third-order valence-electron chi connectivity index (χ3n) is 2.86. The van der Waals surface area contributed by atoms with Crippen LogP contribution >= 0.6 is 11.3 Å². The smallest absolute Gasteiger partial charge is 0.181 e. The van der Waals surface area contributed by atoms with Crippen molar-refractivity contribution in [2.75, 3.05) is 33.1 Å². The Balaban J connectivity index is 1.90. The number of benzene rings is 1. The number of thiazole rings is 1. The molecule has 0 radical (unpaired) electrons. The summed E-state index contributed by atoms with van der Waals surface area (Å²) in [6, 6.07) is 6.18. The second-order valence-corrected chi connectivity index (χ2v) is 5.36. The fourth-order valence-electron chi connectivity index (χ4n) is 1.87. The van der Waals surface area contributed by atoms with Crippen molar-refractivity contribution >= 4 is 26.7 Å². The van der Waals surface area contributed by atoms with Crippen LogP contribution in [0.1, 0.15) is 5.56 Å². The summed E-state index contributed by atoms with van der Waals surface area (Å²) in [5, 5.41) is 3.97. The van der Waals surface area contributed by atoms with Gasteiger partial charge in [-0.25, -0.2) is 4.98 Å². The number of nitrogens with zero attached hydrogens (tertiary/aromatic N) is 1. The van der Waals surface area contributed by atoms with E-state index in [1.54, 1.807) is 14.2 Å². The van der Waals surface area contributed by atoms with Gasteiger partial charge in [0, 0.05) is 27.3 Å². The first-order valence-electron chi connectivity index (χ1n) is 6.10. The normalized spacial score (nSPS) is 12.9. The molecule has 0 spiro atoms. The Morgan fingerprint density at radius 3 is 3.00 bits per heavy atom. The van der Waals surface area contributed by atoms with Gasteiger partial charge in [-0.3, -0.25) is 0 Å². The summed E-state index contributed by atoms with van der Waals surface area (Å²) in [4.78, 5) is 4.24. The standard InChI is InChI=1S/C13H19N3O2S/c1-17-8-10(18-2)7-15-6-9-3-4-11-12(5-9)19-13(14)16-11/h3-5,10,15H,6-8H2,1-2H3,(H2,14,16). The molecule has 0 aliphatic rings. The fraction of sp³-hybridized carbons (Fsp3) is 0.462. The third kappa shape index (κ3) is 3.87. The Morgan fingerprint density at radius 2 is 2.26 bits per heavy atom. The van der Waals surface area contributed by atoms with Crippen LogP contribution in [0.25, 0.3) is 10.2 Å². The fourth-order valence-corrected chi connectivity index (χ4v) is 2.67. The minimum absolute atomic E-state index is 0.0766. The van der Waals surface area contributed by atoms with E-state index in [9.17, 15) is 0 Å². The van der Waals surface area contributed by atoms with Gasteiger partial charge < -0.3 is 20.5 Å². The van der Waals surface area contributed by atoms with Crippen LogP contribution in [0.5, 0.6) is 0 Å². The lowest BCUT2D eigenvalue weighted by atomic mass is 10.2. The van der Waals surface area contributed by atoms with Crippen molar-refractivity contribution in [3.8, 4) is 0 Å². The number of methoxy groups -OCH3 is 2. The molecule has 0 saturated carbocycles. The van der Waals surface area contributed by atoms with Crippen molar-refractivity contribution in [3.63, 3.8) is 0 Å². The van der Waals surface area contributed by atoms with Crippen molar-refractivity contribution in [2.45, 2.75) is 12.6 Å². The summed E-state index contributed by atoms with van der Waals surface area (Å²) in [5.74, 6) is 0. The highest BCUT2D eigenvalue weighted by molar-refractivity contribution is 7.22. The van der Waals surface area contributed by atoms with E-state index in [1.807, 2.05) is 6.07 Å². The third-order valence-corrected chi connectivity index (χ3v) is 3.70. The van der Waals surface area contributed by atoms with Crippen LogP contribution in [-0.2, 0) is 16.0 Å². The largest absolute Gasteiger partial charge is 0.382 e. The van der Waals surface area contributed by atoms with Gasteiger partial charge >= 0.3 is 0 Å². The first kappa shape index (κ1) is 14.2. The van der Waals surface area contributed by atoms with E-state index < -0.39 is 0 Å². The number of hydrogen-bond donors (Lipinski definition) is 2. The molecule has 1 atom stereocenters. The average molecular weight is 281 g/mol. The summed E-state index contributed by atoms with van der Waals surface area (Å²) in [5.41, 5.74) is 7.86. The zero-order valence-corrected chi connectivity index (χ0v) is 12.0. The highest BCUT2D eigenvalue weighted by Gasteiger charge is 2.06. The van der Waals surface area contributed by atoms with Gasteiger partial charge in [-0.15, -0.1) is 0 Å². The van der Waals surface area contributed by atoms with E-state index in [1.165, 1.54) is 16.9 Å². The molecule has 0 amide bonds. The van der Waals surface area contributed by atoms with E-state index in [-0.39, 0.29) is 6.10 Å². The SMILES string of the molecule is COCC(CNCc1ccc2nc(N)sc2c1)OC. The number of anilines is 1. The van der Waals surface area contributed by atoms with Gasteiger partial charge in [-0.05, 0) is 17.7 Å². The summed E-state index contributed by atoms with van der Waals surface area (Å²) in [6.07, 6.45) is 0.0766. The molecular weight excluding hydrogens is 262 g/mol. The van der Waals surface area contributed by atoms with E-state index >= 15 is 0 Å². The number of nitrogen functional groups attached to an aromatic ring is 1. The molecule has 0 fully saturated rings. The predicted octanol–water partition coefficient (Wildman–Crippen LogP) is 1.63. The number of nitrogens with two attached hydrogens (primary N) is 1. The van der Waals surface area contributed by atoms with Crippen LogP contribution in [0, 0.1) is 0 Å². The maximum absolute atomic E-state index is 5.69. The Bertz CT molecular complexity index is 530. The molecule has 1 aromatic heterocycles. The molecule has 0 bridgehead atoms. The van der Waals surface area contributed by atoms with E-state index in [0.717, 1.165) is 23.3 Å². The maximum atomic E-state index is 5.69. The van der Waals surface area contributed by atoms with Crippen molar-refractivity contribution in [3.05, 3.63) is 23.8 Å². The maximum Gasteiger partial charge on any atom is 0.181 e. The lowest BCUT2D eigenvalue weighted by Crippen LogP contribution is -2.31. The molecule has 2 rings (SSSR count). The number of ether oxygens (including phenoxy) is 2. The van der Waals surface area contributed by atoms with Crippen LogP contribution in [0.2, 0.25) is 0 Å². The van der Waals surface area contributed by atoms with Crippen molar-refractivity contribution < 1.29 is 9.47 Å². The van der Waals surface area contributed by atoms with Gasteiger partial charge in [-0.2, -0.15) is 0 Å². The van der Waals surface area contributed by atoms with Gasteiger partial charge in [0.1, 0.15) is 0 Å².